The maximum Gasteiger partial charge on any atom is 0.124 e. The fourth-order valence-electron chi connectivity index (χ4n) is 2.35. The van der Waals surface area contributed by atoms with Crippen molar-refractivity contribution in [1.82, 2.24) is 0 Å². The molecule has 1 nitrogen and oxygen atoms in total. The van der Waals surface area contributed by atoms with Gasteiger partial charge in [-0.25, -0.2) is 0 Å². The zero-order chi connectivity index (χ0) is 11.8. The molecule has 0 heterocycles. The van der Waals surface area contributed by atoms with E-state index in [-0.39, 0.29) is 0 Å². The Bertz CT molecular complexity index is 267. The Morgan fingerprint density at radius 2 is 1.73 bits per heavy atom. The van der Waals surface area contributed by atoms with Crippen molar-refractivity contribution < 1.29 is 5.11 Å². The number of allylic oxidation sites excluding steroid dienone is 1. The van der Waals surface area contributed by atoms with Crippen LogP contribution in [0, 0.1) is 11.8 Å². The first-order valence-corrected chi connectivity index (χ1v) is 6.29. The van der Waals surface area contributed by atoms with E-state index in [9.17, 15) is 5.11 Å². The highest BCUT2D eigenvalue weighted by Crippen LogP contribution is 2.44. The van der Waals surface area contributed by atoms with E-state index in [0.717, 1.165) is 5.57 Å². The fraction of sp³-hybridized carbons (Fsp3) is 0.833. The van der Waals surface area contributed by atoms with Crippen molar-refractivity contribution in [2.75, 3.05) is 0 Å². The fourth-order valence-corrected chi connectivity index (χ4v) is 2.93. The molecule has 88 valence electrons. The van der Waals surface area contributed by atoms with Gasteiger partial charge in [0.2, 0.25) is 0 Å². The predicted molar refractivity (Wildman–Crippen MR) is 66.4 cm³/mol. The lowest BCUT2D eigenvalue weighted by Gasteiger charge is -2.36. The number of halogens is 2. The second kappa shape index (κ2) is 4.65. The molecule has 0 aromatic rings. The molecule has 1 N–H and O–H groups in total. The van der Waals surface area contributed by atoms with E-state index >= 15 is 0 Å². The Morgan fingerprint density at radius 1 is 1.20 bits per heavy atom. The summed E-state index contributed by atoms with van der Waals surface area (Å²) in [5, 5.41) is 10.1. The zero-order valence-corrected chi connectivity index (χ0v) is 11.4. The van der Waals surface area contributed by atoms with Gasteiger partial charge in [-0.15, -0.1) is 23.2 Å². The summed E-state index contributed by atoms with van der Waals surface area (Å²) in [7, 11) is 0. The van der Waals surface area contributed by atoms with Crippen molar-refractivity contribution in [1.29, 1.82) is 0 Å². The van der Waals surface area contributed by atoms with Crippen LogP contribution >= 0.6 is 23.2 Å². The quantitative estimate of drug-likeness (QED) is 0.582. The van der Waals surface area contributed by atoms with Gasteiger partial charge in [0.1, 0.15) is 4.33 Å². The molecule has 3 heteroatoms. The summed E-state index contributed by atoms with van der Waals surface area (Å²) in [6, 6.07) is 0. The highest BCUT2D eigenvalue weighted by Gasteiger charge is 2.38. The Morgan fingerprint density at radius 3 is 2.13 bits per heavy atom. The molecule has 1 aliphatic rings. The first-order valence-electron chi connectivity index (χ1n) is 5.53. The van der Waals surface area contributed by atoms with Gasteiger partial charge in [0.15, 0.2) is 0 Å². The summed E-state index contributed by atoms with van der Waals surface area (Å²) in [6.07, 6.45) is 0.643. The van der Waals surface area contributed by atoms with Gasteiger partial charge in [-0.3, -0.25) is 0 Å². The molecule has 0 aromatic heterocycles. The summed E-state index contributed by atoms with van der Waals surface area (Å²) >= 11 is 12.3. The maximum absolute atomic E-state index is 10.1. The summed E-state index contributed by atoms with van der Waals surface area (Å²) in [5.74, 6) is 0.760. The van der Waals surface area contributed by atoms with Crippen molar-refractivity contribution in [2.24, 2.45) is 11.8 Å². The molecule has 1 atom stereocenters. The van der Waals surface area contributed by atoms with Gasteiger partial charge in [0.25, 0.3) is 0 Å². The average Bonchev–Trinajstić information content (AvgIpc) is 1.99. The van der Waals surface area contributed by atoms with E-state index in [1.807, 2.05) is 0 Å². The second-order valence-electron chi connectivity index (χ2n) is 5.04. The minimum atomic E-state index is -0.794. The minimum absolute atomic E-state index is 0.363. The van der Waals surface area contributed by atoms with Crippen LogP contribution in [-0.2, 0) is 0 Å². The summed E-state index contributed by atoms with van der Waals surface area (Å²) in [5.41, 5.74) is 2.37. The molecule has 0 bridgehead atoms. The molecular weight excluding hydrogens is 231 g/mol. The normalized spacial score (nSPS) is 26.6. The van der Waals surface area contributed by atoms with Crippen molar-refractivity contribution in [3.8, 4) is 0 Å². The topological polar surface area (TPSA) is 20.2 Å². The first kappa shape index (κ1) is 13.3. The average molecular weight is 251 g/mol. The van der Waals surface area contributed by atoms with E-state index in [0.29, 0.717) is 24.7 Å². The van der Waals surface area contributed by atoms with E-state index in [1.165, 1.54) is 5.57 Å². The Hall–Kier alpha value is 0.280. The summed E-state index contributed by atoms with van der Waals surface area (Å²) < 4.78 is -0.794. The number of aliphatic hydroxyl groups is 1. The Kier molecular flexibility index (Phi) is 4.13. The van der Waals surface area contributed by atoms with Crippen LogP contribution in [0.15, 0.2) is 11.1 Å². The van der Waals surface area contributed by atoms with Gasteiger partial charge in [-0.2, -0.15) is 0 Å². The SMILES string of the molecule is CC(C)C1=C(C(C)C)C(O)CC(Cl)(Cl)C1. The van der Waals surface area contributed by atoms with Crippen LogP contribution in [0.25, 0.3) is 0 Å². The monoisotopic (exact) mass is 250 g/mol. The molecule has 0 fully saturated rings. The molecule has 1 unspecified atom stereocenters. The van der Waals surface area contributed by atoms with Crippen LogP contribution in [0.3, 0.4) is 0 Å². The number of rotatable bonds is 2. The molecule has 1 rings (SSSR count). The van der Waals surface area contributed by atoms with Crippen molar-refractivity contribution in [3.05, 3.63) is 11.1 Å². The number of alkyl halides is 2. The van der Waals surface area contributed by atoms with E-state index in [1.54, 1.807) is 0 Å². The largest absolute Gasteiger partial charge is 0.389 e. The molecular formula is C12H20Cl2O. The van der Waals surface area contributed by atoms with Gasteiger partial charge in [0.05, 0.1) is 6.10 Å². The molecule has 15 heavy (non-hydrogen) atoms. The van der Waals surface area contributed by atoms with Crippen LogP contribution in [0.1, 0.15) is 40.5 Å². The maximum atomic E-state index is 10.1. The van der Waals surface area contributed by atoms with E-state index < -0.39 is 10.4 Å². The predicted octanol–water partition coefficient (Wildman–Crippen LogP) is 3.92. The first-order chi connectivity index (χ1) is 6.74. The molecule has 0 aromatic carbocycles. The lowest BCUT2D eigenvalue weighted by molar-refractivity contribution is 0.171. The third-order valence-corrected chi connectivity index (χ3v) is 3.57. The van der Waals surface area contributed by atoms with Crippen LogP contribution in [0.2, 0.25) is 0 Å². The Balaban J connectivity index is 3.11. The molecule has 0 saturated heterocycles. The Labute approximate surface area is 102 Å². The van der Waals surface area contributed by atoms with Gasteiger partial charge in [0, 0.05) is 12.8 Å². The standard InChI is InChI=1S/C12H20Cl2O/c1-7(2)9-5-12(13,14)6-10(15)11(9)8(3)4/h7-8,10,15H,5-6H2,1-4H3. The van der Waals surface area contributed by atoms with Gasteiger partial charge >= 0.3 is 0 Å². The molecule has 0 radical (unpaired) electrons. The van der Waals surface area contributed by atoms with Crippen LogP contribution in [-0.4, -0.2) is 15.5 Å². The molecule has 0 saturated carbocycles. The smallest absolute Gasteiger partial charge is 0.124 e. The van der Waals surface area contributed by atoms with Gasteiger partial charge in [-0.05, 0) is 17.4 Å². The lowest BCUT2D eigenvalue weighted by atomic mass is 9.78. The third kappa shape index (κ3) is 3.12. The lowest BCUT2D eigenvalue weighted by Crippen LogP contribution is -2.33. The summed E-state index contributed by atoms with van der Waals surface area (Å²) in [6.45, 7) is 8.46. The van der Waals surface area contributed by atoms with Crippen molar-refractivity contribution in [3.63, 3.8) is 0 Å². The number of aliphatic hydroxyl groups excluding tert-OH is 1. The van der Waals surface area contributed by atoms with Gasteiger partial charge < -0.3 is 5.11 Å². The second-order valence-corrected chi connectivity index (χ2v) is 6.68. The van der Waals surface area contributed by atoms with Crippen LogP contribution in [0.4, 0.5) is 0 Å². The van der Waals surface area contributed by atoms with Crippen LogP contribution in [0.5, 0.6) is 0 Å². The highest BCUT2D eigenvalue weighted by atomic mass is 35.5. The molecule has 1 aliphatic carbocycles. The highest BCUT2D eigenvalue weighted by molar-refractivity contribution is 6.48. The minimum Gasteiger partial charge on any atom is -0.389 e. The van der Waals surface area contributed by atoms with Crippen LogP contribution < -0.4 is 0 Å². The van der Waals surface area contributed by atoms with E-state index in [4.69, 9.17) is 23.2 Å². The van der Waals surface area contributed by atoms with Crippen molar-refractivity contribution in [2.45, 2.75) is 51.0 Å². The number of hydrogen-bond acceptors (Lipinski definition) is 1. The summed E-state index contributed by atoms with van der Waals surface area (Å²) in [4.78, 5) is 0. The number of hydrogen-bond donors (Lipinski definition) is 1. The molecule has 0 aliphatic heterocycles. The van der Waals surface area contributed by atoms with Gasteiger partial charge in [-0.1, -0.05) is 33.3 Å². The van der Waals surface area contributed by atoms with Crippen molar-refractivity contribution >= 4 is 23.2 Å². The van der Waals surface area contributed by atoms with E-state index in [2.05, 4.69) is 27.7 Å². The zero-order valence-electron chi connectivity index (χ0n) is 9.85. The molecule has 0 spiro atoms. The molecule has 0 amide bonds. The third-order valence-electron chi connectivity index (χ3n) is 2.99.